The summed E-state index contributed by atoms with van der Waals surface area (Å²) in [6.45, 7) is 4.52. The molecule has 0 saturated carbocycles. The fourth-order valence-corrected chi connectivity index (χ4v) is 2.14. The average Bonchev–Trinajstić information content (AvgIpc) is 2.57. The molecule has 2 aromatic rings. The van der Waals surface area contributed by atoms with E-state index in [2.05, 4.69) is 11.9 Å². The molecule has 120 valence electrons. The Labute approximate surface area is 135 Å². The molecule has 0 aromatic heterocycles. The second-order valence-corrected chi connectivity index (χ2v) is 4.93. The zero-order chi connectivity index (χ0) is 16.7. The van der Waals surface area contributed by atoms with Gasteiger partial charge < -0.3 is 15.0 Å². The first-order valence-electron chi connectivity index (χ1n) is 7.18. The number of rotatable bonds is 6. The molecular weight excluding hydrogens is 295 g/mol. The molecule has 0 spiro atoms. The lowest BCUT2D eigenvalue weighted by atomic mass is 10.2. The van der Waals surface area contributed by atoms with E-state index >= 15 is 0 Å². The number of hydrogen-bond donors (Lipinski definition) is 1. The van der Waals surface area contributed by atoms with E-state index in [0.29, 0.717) is 18.8 Å². The van der Waals surface area contributed by atoms with Gasteiger partial charge in [0, 0.05) is 19.2 Å². The highest BCUT2D eigenvalue weighted by Gasteiger charge is 2.15. The number of hydrogen-bond acceptors (Lipinski definition) is 2. The van der Waals surface area contributed by atoms with Crippen LogP contribution in [-0.4, -0.2) is 24.6 Å². The van der Waals surface area contributed by atoms with Crippen LogP contribution in [0.25, 0.3) is 0 Å². The molecule has 0 radical (unpaired) electrons. The lowest BCUT2D eigenvalue weighted by molar-refractivity contribution is 0.215. The Morgan fingerprint density at radius 2 is 2.04 bits per heavy atom. The zero-order valence-electron chi connectivity index (χ0n) is 13.0. The summed E-state index contributed by atoms with van der Waals surface area (Å²) in [5, 5.41) is 2.74. The molecule has 2 aromatic carbocycles. The van der Waals surface area contributed by atoms with Gasteiger partial charge in [0.15, 0.2) is 0 Å². The van der Waals surface area contributed by atoms with Crippen molar-refractivity contribution in [2.75, 3.05) is 19.0 Å². The van der Waals surface area contributed by atoms with Crippen molar-refractivity contribution in [3.8, 4) is 5.75 Å². The number of nitrogens with one attached hydrogen (secondary N) is 1. The predicted octanol–water partition coefficient (Wildman–Crippen LogP) is 4.05. The van der Waals surface area contributed by atoms with E-state index in [9.17, 15) is 9.18 Å². The molecule has 0 aliphatic rings. The minimum Gasteiger partial charge on any atom is -0.494 e. The van der Waals surface area contributed by atoms with Crippen LogP contribution >= 0.6 is 0 Å². The summed E-state index contributed by atoms with van der Waals surface area (Å²) in [5.74, 6) is -0.149. The maximum Gasteiger partial charge on any atom is 0.322 e. The number of carbonyl (C=O) groups is 1. The van der Waals surface area contributed by atoms with Crippen LogP contribution in [0.4, 0.5) is 14.9 Å². The summed E-state index contributed by atoms with van der Waals surface area (Å²) in [6.07, 6.45) is 1.66. The van der Waals surface area contributed by atoms with Crippen LogP contribution in [0.15, 0.2) is 61.2 Å². The summed E-state index contributed by atoms with van der Waals surface area (Å²) in [4.78, 5) is 14.1. The molecule has 0 atom stereocenters. The Bertz CT molecular complexity index is 674. The van der Waals surface area contributed by atoms with E-state index in [1.54, 1.807) is 11.0 Å². The SMILES string of the molecule is C=CCN(Cc1ccccc1)C(=O)Nc1ccc(F)cc1OC. The van der Waals surface area contributed by atoms with Crippen LogP contribution in [0.1, 0.15) is 5.56 Å². The Hall–Kier alpha value is -2.82. The van der Waals surface area contributed by atoms with E-state index < -0.39 is 5.82 Å². The van der Waals surface area contributed by atoms with E-state index in [0.717, 1.165) is 5.56 Å². The van der Waals surface area contributed by atoms with Gasteiger partial charge in [0.1, 0.15) is 11.6 Å². The largest absolute Gasteiger partial charge is 0.494 e. The molecule has 0 unspecified atom stereocenters. The number of amides is 2. The number of carbonyl (C=O) groups excluding carboxylic acids is 1. The molecule has 2 amide bonds. The highest BCUT2D eigenvalue weighted by molar-refractivity contribution is 5.91. The number of ether oxygens (including phenoxy) is 1. The molecule has 0 heterocycles. The smallest absolute Gasteiger partial charge is 0.322 e. The van der Waals surface area contributed by atoms with Crippen LogP contribution in [0.3, 0.4) is 0 Å². The number of anilines is 1. The number of benzene rings is 2. The molecule has 0 saturated heterocycles. The fraction of sp³-hybridized carbons (Fsp3) is 0.167. The number of nitrogens with zero attached hydrogens (tertiary/aromatic N) is 1. The molecular formula is C18H19FN2O2. The molecule has 0 aliphatic heterocycles. The van der Waals surface area contributed by atoms with Crippen molar-refractivity contribution in [3.63, 3.8) is 0 Å². The molecule has 5 heteroatoms. The van der Waals surface area contributed by atoms with Crippen molar-refractivity contribution in [3.05, 3.63) is 72.6 Å². The molecule has 2 rings (SSSR count). The first-order chi connectivity index (χ1) is 11.1. The number of methoxy groups -OCH3 is 1. The van der Waals surface area contributed by atoms with Gasteiger partial charge in [0.2, 0.25) is 0 Å². The third-order valence-corrected chi connectivity index (χ3v) is 3.26. The van der Waals surface area contributed by atoms with E-state index in [1.807, 2.05) is 30.3 Å². The Morgan fingerprint density at radius 1 is 1.30 bits per heavy atom. The van der Waals surface area contributed by atoms with E-state index in [-0.39, 0.29) is 11.8 Å². The minimum absolute atomic E-state index is 0.275. The highest BCUT2D eigenvalue weighted by atomic mass is 19.1. The van der Waals surface area contributed by atoms with Gasteiger partial charge in [-0.05, 0) is 17.7 Å². The molecule has 0 aliphatic carbocycles. The molecule has 23 heavy (non-hydrogen) atoms. The van der Waals surface area contributed by atoms with Crippen LogP contribution < -0.4 is 10.1 Å². The quantitative estimate of drug-likeness (QED) is 0.817. The second-order valence-electron chi connectivity index (χ2n) is 4.93. The fourth-order valence-electron chi connectivity index (χ4n) is 2.14. The summed E-state index contributed by atoms with van der Waals surface area (Å²) >= 11 is 0. The van der Waals surface area contributed by atoms with Crippen LogP contribution in [0.5, 0.6) is 5.75 Å². The van der Waals surface area contributed by atoms with Crippen molar-refractivity contribution < 1.29 is 13.9 Å². The van der Waals surface area contributed by atoms with Crippen molar-refractivity contribution in [1.82, 2.24) is 4.90 Å². The number of urea groups is 1. The van der Waals surface area contributed by atoms with Gasteiger partial charge in [-0.15, -0.1) is 6.58 Å². The second kappa shape index (κ2) is 7.98. The predicted molar refractivity (Wildman–Crippen MR) is 89.0 cm³/mol. The van der Waals surface area contributed by atoms with Crippen molar-refractivity contribution in [2.45, 2.75) is 6.54 Å². The monoisotopic (exact) mass is 314 g/mol. The summed E-state index contributed by atoms with van der Waals surface area (Å²) < 4.78 is 18.3. The standard InChI is InChI=1S/C18H19FN2O2/c1-3-11-21(13-14-7-5-4-6-8-14)18(22)20-16-10-9-15(19)12-17(16)23-2/h3-10,12H,1,11,13H2,2H3,(H,20,22). The topological polar surface area (TPSA) is 41.6 Å². The molecule has 1 N–H and O–H groups in total. The van der Waals surface area contributed by atoms with Gasteiger partial charge in [-0.2, -0.15) is 0 Å². The van der Waals surface area contributed by atoms with Crippen LogP contribution in [-0.2, 0) is 6.54 Å². The normalized spacial score (nSPS) is 10.0. The van der Waals surface area contributed by atoms with Crippen LogP contribution in [0.2, 0.25) is 0 Å². The number of halogens is 1. The first-order valence-corrected chi connectivity index (χ1v) is 7.18. The lowest BCUT2D eigenvalue weighted by Crippen LogP contribution is -2.34. The zero-order valence-corrected chi connectivity index (χ0v) is 13.0. The van der Waals surface area contributed by atoms with E-state index in [1.165, 1.54) is 25.3 Å². The Kier molecular flexibility index (Phi) is 5.74. The Morgan fingerprint density at radius 3 is 2.70 bits per heavy atom. The third-order valence-electron chi connectivity index (χ3n) is 3.26. The molecule has 4 nitrogen and oxygen atoms in total. The van der Waals surface area contributed by atoms with Gasteiger partial charge in [0.05, 0.1) is 12.8 Å². The van der Waals surface area contributed by atoms with Crippen molar-refractivity contribution in [1.29, 1.82) is 0 Å². The van der Waals surface area contributed by atoms with Gasteiger partial charge in [-0.25, -0.2) is 9.18 Å². The minimum atomic E-state index is -0.424. The van der Waals surface area contributed by atoms with Gasteiger partial charge in [-0.3, -0.25) is 0 Å². The molecule has 0 fully saturated rings. The van der Waals surface area contributed by atoms with Gasteiger partial charge >= 0.3 is 6.03 Å². The Balaban J connectivity index is 2.13. The lowest BCUT2D eigenvalue weighted by Gasteiger charge is -2.22. The van der Waals surface area contributed by atoms with E-state index in [4.69, 9.17) is 4.74 Å². The van der Waals surface area contributed by atoms with Gasteiger partial charge in [-0.1, -0.05) is 36.4 Å². The van der Waals surface area contributed by atoms with Gasteiger partial charge in [0.25, 0.3) is 0 Å². The average molecular weight is 314 g/mol. The summed E-state index contributed by atoms with van der Waals surface area (Å²) in [5.41, 5.74) is 1.43. The molecule has 0 bridgehead atoms. The third kappa shape index (κ3) is 4.57. The maximum absolute atomic E-state index is 13.2. The highest BCUT2D eigenvalue weighted by Crippen LogP contribution is 2.25. The summed E-state index contributed by atoms with van der Waals surface area (Å²) in [6, 6.07) is 13.3. The maximum atomic E-state index is 13.2. The summed E-state index contributed by atoms with van der Waals surface area (Å²) in [7, 11) is 1.43. The van der Waals surface area contributed by atoms with Crippen molar-refractivity contribution >= 4 is 11.7 Å². The first kappa shape index (κ1) is 16.5. The van der Waals surface area contributed by atoms with Crippen LogP contribution in [0, 0.1) is 5.82 Å². The van der Waals surface area contributed by atoms with Crippen molar-refractivity contribution in [2.24, 2.45) is 0 Å².